The van der Waals surface area contributed by atoms with Crippen molar-refractivity contribution in [1.82, 2.24) is 15.0 Å². The van der Waals surface area contributed by atoms with Gasteiger partial charge in [-0.1, -0.05) is 92.1 Å². The van der Waals surface area contributed by atoms with Gasteiger partial charge in [0.2, 0.25) is 0 Å². The number of hydrogen-bond donors (Lipinski definition) is 0. The van der Waals surface area contributed by atoms with E-state index in [0.29, 0.717) is 0 Å². The normalized spacial score (nSPS) is 14.9. The second-order valence-corrected chi connectivity index (χ2v) is 11.6. The van der Waals surface area contributed by atoms with Gasteiger partial charge in [0.05, 0.1) is 11.4 Å². The van der Waals surface area contributed by atoms with Crippen molar-refractivity contribution in [2.75, 3.05) is 0 Å². The SMILES string of the molecule is c1cncc(-c2cc(-c3cccnc3)nc(-c3ccccc3-c3cccc4c3C3(CCCCC3)c3ccccc3-4)c2)c1. The molecular weight excluding hydrogens is 510 g/mol. The van der Waals surface area contributed by atoms with Crippen molar-refractivity contribution in [1.29, 1.82) is 0 Å². The first-order valence-corrected chi connectivity index (χ1v) is 15.0. The van der Waals surface area contributed by atoms with Crippen molar-refractivity contribution in [2.45, 2.75) is 37.5 Å². The summed E-state index contributed by atoms with van der Waals surface area (Å²) in [7, 11) is 0. The van der Waals surface area contributed by atoms with Crippen LogP contribution in [-0.2, 0) is 5.41 Å². The van der Waals surface area contributed by atoms with Crippen molar-refractivity contribution in [2.24, 2.45) is 0 Å². The fourth-order valence-corrected chi connectivity index (χ4v) is 7.43. The summed E-state index contributed by atoms with van der Waals surface area (Å²) in [4.78, 5) is 14.1. The highest BCUT2D eigenvalue weighted by Crippen LogP contribution is 2.58. The van der Waals surface area contributed by atoms with Crippen molar-refractivity contribution in [3.05, 3.63) is 139 Å². The van der Waals surface area contributed by atoms with E-state index in [2.05, 4.69) is 101 Å². The summed E-state index contributed by atoms with van der Waals surface area (Å²) in [5, 5.41) is 0. The van der Waals surface area contributed by atoms with Gasteiger partial charge in [-0.15, -0.1) is 0 Å². The lowest BCUT2D eigenvalue weighted by Crippen LogP contribution is -2.28. The highest BCUT2D eigenvalue weighted by molar-refractivity contribution is 5.93. The van der Waals surface area contributed by atoms with E-state index < -0.39 is 0 Å². The number of rotatable bonds is 4. The quantitative estimate of drug-likeness (QED) is 0.223. The fraction of sp³-hybridized carbons (Fsp3) is 0.154. The Kier molecular flexibility index (Phi) is 6.03. The van der Waals surface area contributed by atoms with Crippen LogP contribution in [0.15, 0.2) is 128 Å². The van der Waals surface area contributed by atoms with Crippen LogP contribution in [0.4, 0.5) is 0 Å². The van der Waals surface area contributed by atoms with Gasteiger partial charge in [0.25, 0.3) is 0 Å². The lowest BCUT2D eigenvalue weighted by atomic mass is 9.66. The third-order valence-electron chi connectivity index (χ3n) is 9.25. The third kappa shape index (κ3) is 4.00. The molecule has 0 unspecified atom stereocenters. The lowest BCUT2D eigenvalue weighted by Gasteiger charge is -2.37. The summed E-state index contributed by atoms with van der Waals surface area (Å²) in [5.74, 6) is 0. The van der Waals surface area contributed by atoms with Crippen LogP contribution in [0.5, 0.6) is 0 Å². The van der Waals surface area contributed by atoms with Crippen molar-refractivity contribution < 1.29 is 0 Å². The highest BCUT2D eigenvalue weighted by Gasteiger charge is 2.45. The Hall–Kier alpha value is -4.89. The van der Waals surface area contributed by atoms with Crippen LogP contribution in [0.1, 0.15) is 43.2 Å². The second kappa shape index (κ2) is 10.2. The Morgan fingerprint density at radius 3 is 1.83 bits per heavy atom. The van der Waals surface area contributed by atoms with Crippen molar-refractivity contribution >= 4 is 0 Å². The number of benzene rings is 3. The van der Waals surface area contributed by atoms with E-state index in [4.69, 9.17) is 4.98 Å². The summed E-state index contributed by atoms with van der Waals surface area (Å²) >= 11 is 0. The van der Waals surface area contributed by atoms with E-state index in [1.54, 1.807) is 6.20 Å². The van der Waals surface area contributed by atoms with E-state index in [1.165, 1.54) is 65.5 Å². The van der Waals surface area contributed by atoms with Crippen LogP contribution in [0.3, 0.4) is 0 Å². The number of pyridine rings is 3. The molecule has 3 heteroatoms. The van der Waals surface area contributed by atoms with Gasteiger partial charge >= 0.3 is 0 Å². The van der Waals surface area contributed by atoms with Gasteiger partial charge in [0.1, 0.15) is 0 Å². The van der Waals surface area contributed by atoms with Gasteiger partial charge in [0, 0.05) is 46.9 Å². The molecule has 2 aliphatic rings. The van der Waals surface area contributed by atoms with Crippen molar-refractivity contribution in [3.63, 3.8) is 0 Å². The standard InChI is InChI=1S/C39H31N3/c1-6-19-39(20-7-1)35-18-5-4-14-31(35)34-17-8-16-33(38(34)39)30-13-2-3-15-32(30)37-24-29(27-11-9-21-40-25-27)23-36(42-37)28-12-10-22-41-26-28/h2-5,8-18,21-26H,1,6-7,19-20H2. The number of aromatic nitrogens is 3. The minimum Gasteiger partial charge on any atom is -0.264 e. The van der Waals surface area contributed by atoms with Gasteiger partial charge in [-0.3, -0.25) is 9.97 Å². The first-order valence-electron chi connectivity index (χ1n) is 15.0. The molecule has 1 saturated carbocycles. The molecule has 2 aliphatic carbocycles. The van der Waals surface area contributed by atoms with E-state index >= 15 is 0 Å². The predicted molar refractivity (Wildman–Crippen MR) is 171 cm³/mol. The van der Waals surface area contributed by atoms with Crippen LogP contribution >= 0.6 is 0 Å². The number of fused-ring (bicyclic) bond motifs is 5. The second-order valence-electron chi connectivity index (χ2n) is 11.6. The maximum Gasteiger partial charge on any atom is 0.0731 e. The van der Waals surface area contributed by atoms with Gasteiger partial charge in [0.15, 0.2) is 0 Å². The topological polar surface area (TPSA) is 38.7 Å². The summed E-state index contributed by atoms with van der Waals surface area (Å²) in [6.07, 6.45) is 13.7. The van der Waals surface area contributed by atoms with Crippen molar-refractivity contribution in [3.8, 4) is 55.9 Å². The fourth-order valence-electron chi connectivity index (χ4n) is 7.43. The average Bonchev–Trinajstić information content (AvgIpc) is 3.35. The van der Waals surface area contributed by atoms with E-state index in [1.807, 2.05) is 30.7 Å². The Labute approximate surface area is 247 Å². The molecular formula is C39H31N3. The largest absolute Gasteiger partial charge is 0.264 e. The molecule has 1 fully saturated rings. The van der Waals surface area contributed by atoms with Gasteiger partial charge < -0.3 is 0 Å². The molecule has 0 aliphatic heterocycles. The average molecular weight is 542 g/mol. The van der Waals surface area contributed by atoms with Crippen LogP contribution in [0.2, 0.25) is 0 Å². The summed E-state index contributed by atoms with van der Waals surface area (Å²) in [5.41, 5.74) is 14.6. The minimum absolute atomic E-state index is 0.0692. The minimum atomic E-state index is 0.0692. The molecule has 0 radical (unpaired) electrons. The molecule has 0 bridgehead atoms. The van der Waals surface area contributed by atoms with E-state index in [-0.39, 0.29) is 5.41 Å². The smallest absolute Gasteiger partial charge is 0.0731 e. The molecule has 1 spiro atoms. The Balaban J connectivity index is 1.36. The first-order chi connectivity index (χ1) is 20.8. The maximum absolute atomic E-state index is 5.26. The summed E-state index contributed by atoms with van der Waals surface area (Å²) < 4.78 is 0. The molecule has 42 heavy (non-hydrogen) atoms. The van der Waals surface area contributed by atoms with Crippen LogP contribution in [-0.4, -0.2) is 15.0 Å². The molecule has 3 aromatic heterocycles. The van der Waals surface area contributed by atoms with Crippen LogP contribution in [0, 0.1) is 0 Å². The molecule has 6 aromatic rings. The Morgan fingerprint density at radius 1 is 0.476 bits per heavy atom. The molecule has 0 amide bonds. The molecule has 3 heterocycles. The molecule has 0 saturated heterocycles. The van der Waals surface area contributed by atoms with E-state index in [9.17, 15) is 0 Å². The summed E-state index contributed by atoms with van der Waals surface area (Å²) in [6.45, 7) is 0. The zero-order valence-electron chi connectivity index (χ0n) is 23.5. The third-order valence-corrected chi connectivity index (χ3v) is 9.25. The first kappa shape index (κ1) is 24.9. The van der Waals surface area contributed by atoms with Gasteiger partial charge in [-0.25, -0.2) is 4.98 Å². The predicted octanol–water partition coefficient (Wildman–Crippen LogP) is 9.77. The molecule has 8 rings (SSSR count). The maximum atomic E-state index is 5.26. The Bertz CT molecular complexity index is 1850. The zero-order valence-corrected chi connectivity index (χ0v) is 23.5. The zero-order chi connectivity index (χ0) is 27.9. The highest BCUT2D eigenvalue weighted by atomic mass is 14.7. The number of hydrogen-bond acceptors (Lipinski definition) is 3. The number of nitrogens with zero attached hydrogens (tertiary/aromatic N) is 3. The molecule has 3 aromatic carbocycles. The summed E-state index contributed by atoms with van der Waals surface area (Å²) in [6, 6.07) is 37.4. The van der Waals surface area contributed by atoms with Gasteiger partial charge in [-0.2, -0.15) is 0 Å². The lowest BCUT2D eigenvalue weighted by molar-refractivity contribution is 0.353. The van der Waals surface area contributed by atoms with Crippen LogP contribution in [0.25, 0.3) is 55.9 Å². The molecule has 0 atom stereocenters. The molecule has 0 N–H and O–H groups in total. The molecule has 3 nitrogen and oxygen atoms in total. The molecule has 202 valence electrons. The Morgan fingerprint density at radius 2 is 1.10 bits per heavy atom. The van der Waals surface area contributed by atoms with Crippen LogP contribution < -0.4 is 0 Å². The van der Waals surface area contributed by atoms with E-state index in [0.717, 1.165) is 33.6 Å². The monoisotopic (exact) mass is 541 g/mol. The van der Waals surface area contributed by atoms with Gasteiger partial charge in [-0.05, 0) is 82.1 Å².